The second-order valence-electron chi connectivity index (χ2n) is 8.85. The third-order valence-electron chi connectivity index (χ3n) is 5.99. The number of esters is 2. The van der Waals surface area contributed by atoms with Crippen molar-refractivity contribution in [1.82, 2.24) is 0 Å². The first kappa shape index (κ1) is 33.0. The Kier molecular flexibility index (Phi) is 16.5. The zero-order valence-electron chi connectivity index (χ0n) is 22.5. The molecule has 9 heteroatoms. The van der Waals surface area contributed by atoms with E-state index in [0.29, 0.717) is 0 Å². The zero-order valence-corrected chi connectivity index (χ0v) is 23.3. The molecule has 0 aliphatic heterocycles. The molecule has 1 aromatic carbocycles. The predicted octanol–water partition coefficient (Wildman–Crippen LogP) is 5.51. The third-order valence-corrected chi connectivity index (χ3v) is 6.82. The smallest absolute Gasteiger partial charge is 0.337 e. The number of methoxy groups -OCH3 is 2. The van der Waals surface area contributed by atoms with Gasteiger partial charge in [-0.2, -0.15) is 8.42 Å². The molecule has 35 heavy (non-hydrogen) atoms. The van der Waals surface area contributed by atoms with Crippen LogP contribution in [-0.4, -0.2) is 69.8 Å². The van der Waals surface area contributed by atoms with Crippen LogP contribution in [0.15, 0.2) is 23.1 Å². The number of nitrogens with zero attached hydrogens (tertiary/aromatic N) is 1. The standard InChI is InChI=1S/C16H36N.C10H10O7S/c1-5-9-13-17(14-10-6-2,15-11-7-3)16-12-8-4;1-16-9(11)6-3-7(10(12)17-2)5-8(4-6)18(13,14)15/h5-16H2,1-4H3;3-5H,1-2H3,(H,13,14,15)/q+1;. The average molecular weight is 517 g/mol. The molecule has 202 valence electrons. The molecule has 0 radical (unpaired) electrons. The Morgan fingerprint density at radius 3 is 1.26 bits per heavy atom. The molecular weight excluding hydrogens is 470 g/mol. The summed E-state index contributed by atoms with van der Waals surface area (Å²) >= 11 is 0. The topological polar surface area (TPSA) is 107 Å². The Balaban J connectivity index is 0.000000662. The molecule has 8 nitrogen and oxygen atoms in total. The van der Waals surface area contributed by atoms with Gasteiger partial charge in [0.2, 0.25) is 0 Å². The minimum atomic E-state index is -4.55. The summed E-state index contributed by atoms with van der Waals surface area (Å²) in [4.78, 5) is 22.0. The summed E-state index contributed by atoms with van der Waals surface area (Å²) in [5.74, 6) is -1.68. The van der Waals surface area contributed by atoms with Crippen LogP contribution in [0.5, 0.6) is 0 Å². The highest BCUT2D eigenvalue weighted by molar-refractivity contribution is 7.85. The molecule has 0 aliphatic rings. The lowest BCUT2D eigenvalue weighted by atomic mass is 10.1. The summed E-state index contributed by atoms with van der Waals surface area (Å²) in [6, 6.07) is 2.90. The zero-order chi connectivity index (χ0) is 26.9. The number of rotatable bonds is 15. The van der Waals surface area contributed by atoms with E-state index in [-0.39, 0.29) is 11.1 Å². The van der Waals surface area contributed by atoms with Gasteiger partial charge in [0.25, 0.3) is 10.1 Å². The highest BCUT2D eigenvalue weighted by Crippen LogP contribution is 2.18. The van der Waals surface area contributed by atoms with E-state index in [1.54, 1.807) is 0 Å². The summed E-state index contributed by atoms with van der Waals surface area (Å²) in [5.41, 5.74) is -0.374. The van der Waals surface area contributed by atoms with Crippen molar-refractivity contribution in [3.8, 4) is 0 Å². The lowest BCUT2D eigenvalue weighted by Crippen LogP contribution is -2.50. The highest BCUT2D eigenvalue weighted by atomic mass is 32.2. The number of quaternary nitrogens is 1. The second kappa shape index (κ2) is 17.5. The van der Waals surface area contributed by atoms with Crippen LogP contribution in [-0.2, 0) is 19.6 Å². The van der Waals surface area contributed by atoms with E-state index in [1.165, 1.54) is 82.0 Å². The van der Waals surface area contributed by atoms with Crippen LogP contribution < -0.4 is 0 Å². The molecule has 1 N–H and O–H groups in total. The van der Waals surface area contributed by atoms with Crippen LogP contribution in [0.4, 0.5) is 0 Å². The lowest BCUT2D eigenvalue weighted by molar-refractivity contribution is -0.929. The van der Waals surface area contributed by atoms with E-state index in [2.05, 4.69) is 37.2 Å². The minimum absolute atomic E-state index is 0.187. The summed E-state index contributed by atoms with van der Waals surface area (Å²) in [6.45, 7) is 15.0. The van der Waals surface area contributed by atoms with Crippen molar-refractivity contribution in [2.24, 2.45) is 0 Å². The number of hydrogen-bond donors (Lipinski definition) is 1. The molecule has 0 unspecified atom stereocenters. The molecule has 0 aromatic heterocycles. The van der Waals surface area contributed by atoms with Gasteiger partial charge in [0.05, 0.1) is 56.4 Å². The summed E-state index contributed by atoms with van der Waals surface area (Å²) in [7, 11) is -2.35. The van der Waals surface area contributed by atoms with E-state index in [1.807, 2.05) is 0 Å². The van der Waals surface area contributed by atoms with E-state index >= 15 is 0 Å². The SMILES string of the molecule is CCCC[N+](CCCC)(CCCC)CCCC.COC(=O)c1cc(C(=O)OC)cc(S(=O)(=O)O)c1. The Morgan fingerprint density at radius 2 is 1.03 bits per heavy atom. The molecule has 0 saturated heterocycles. The number of hydrogen-bond acceptors (Lipinski definition) is 6. The Hall–Kier alpha value is -1.97. The van der Waals surface area contributed by atoms with Crippen molar-refractivity contribution in [1.29, 1.82) is 0 Å². The van der Waals surface area contributed by atoms with Crippen LogP contribution in [0.3, 0.4) is 0 Å². The van der Waals surface area contributed by atoms with Crippen molar-refractivity contribution >= 4 is 22.1 Å². The number of benzene rings is 1. The quantitative estimate of drug-likeness (QED) is 0.186. The maximum atomic E-state index is 11.3. The maximum Gasteiger partial charge on any atom is 0.337 e. The molecule has 0 bridgehead atoms. The molecule has 0 spiro atoms. The first-order valence-electron chi connectivity index (χ1n) is 12.7. The van der Waals surface area contributed by atoms with Crippen molar-refractivity contribution in [3.63, 3.8) is 0 Å². The summed E-state index contributed by atoms with van der Waals surface area (Å²) in [5, 5.41) is 0. The molecule has 1 rings (SSSR count). The number of carbonyl (C=O) groups is 2. The van der Waals surface area contributed by atoms with Gasteiger partial charge in [-0.05, 0) is 43.9 Å². The average Bonchev–Trinajstić information content (AvgIpc) is 2.86. The summed E-state index contributed by atoms with van der Waals surface area (Å²) < 4.78 is 41.2. The van der Waals surface area contributed by atoms with E-state index in [4.69, 9.17) is 4.55 Å². The number of unbranched alkanes of at least 4 members (excludes halogenated alkanes) is 4. The molecule has 0 atom stereocenters. The molecule has 0 heterocycles. The van der Waals surface area contributed by atoms with Crippen molar-refractivity contribution < 1.29 is 36.5 Å². The molecule has 0 amide bonds. The van der Waals surface area contributed by atoms with Crippen LogP contribution in [0.25, 0.3) is 0 Å². The van der Waals surface area contributed by atoms with Gasteiger partial charge < -0.3 is 14.0 Å². The predicted molar refractivity (Wildman–Crippen MR) is 138 cm³/mol. The van der Waals surface area contributed by atoms with Crippen LogP contribution in [0.1, 0.15) is 99.8 Å². The lowest BCUT2D eigenvalue weighted by Gasteiger charge is -2.39. The number of ether oxygens (including phenoxy) is 2. The van der Waals surface area contributed by atoms with Gasteiger partial charge in [-0.3, -0.25) is 4.55 Å². The number of carbonyl (C=O) groups excluding carboxylic acids is 2. The molecule has 0 saturated carbocycles. The fourth-order valence-corrected chi connectivity index (χ4v) is 4.42. The monoisotopic (exact) mass is 516 g/mol. The van der Waals surface area contributed by atoms with Gasteiger partial charge >= 0.3 is 11.9 Å². The van der Waals surface area contributed by atoms with E-state index < -0.39 is 27.0 Å². The van der Waals surface area contributed by atoms with Gasteiger partial charge in [-0.1, -0.05) is 53.4 Å². The first-order valence-corrected chi connectivity index (χ1v) is 14.1. The fourth-order valence-electron chi connectivity index (χ4n) is 3.86. The van der Waals surface area contributed by atoms with Crippen LogP contribution in [0, 0.1) is 0 Å². The molecular formula is C26H46NO7S+. The van der Waals surface area contributed by atoms with Crippen LogP contribution >= 0.6 is 0 Å². The Bertz CT molecular complexity index is 797. The molecule has 0 fully saturated rings. The first-order chi connectivity index (χ1) is 16.5. The van der Waals surface area contributed by atoms with Gasteiger partial charge in [0, 0.05) is 0 Å². The fraction of sp³-hybridized carbons (Fsp3) is 0.692. The molecule has 1 aromatic rings. The molecule has 0 aliphatic carbocycles. The summed E-state index contributed by atoms with van der Waals surface area (Å²) in [6.07, 6.45) is 11.1. The van der Waals surface area contributed by atoms with Gasteiger partial charge in [0.1, 0.15) is 0 Å². The normalized spacial score (nSPS) is 11.4. The minimum Gasteiger partial charge on any atom is -0.465 e. The van der Waals surface area contributed by atoms with Crippen molar-refractivity contribution in [3.05, 3.63) is 29.3 Å². The Morgan fingerprint density at radius 1 is 0.714 bits per heavy atom. The van der Waals surface area contributed by atoms with Gasteiger partial charge in [-0.15, -0.1) is 0 Å². The maximum absolute atomic E-state index is 11.3. The highest BCUT2D eigenvalue weighted by Gasteiger charge is 2.24. The van der Waals surface area contributed by atoms with Crippen LogP contribution in [0.2, 0.25) is 0 Å². The van der Waals surface area contributed by atoms with Gasteiger partial charge in [-0.25, -0.2) is 9.59 Å². The Labute approximate surface area is 212 Å². The van der Waals surface area contributed by atoms with E-state index in [0.717, 1.165) is 32.4 Å². The largest absolute Gasteiger partial charge is 0.465 e. The van der Waals surface area contributed by atoms with E-state index in [9.17, 15) is 18.0 Å². The van der Waals surface area contributed by atoms with Crippen molar-refractivity contribution in [2.45, 2.75) is 84.0 Å². The second-order valence-corrected chi connectivity index (χ2v) is 10.3. The van der Waals surface area contributed by atoms with Gasteiger partial charge in [0.15, 0.2) is 0 Å². The third kappa shape index (κ3) is 12.5. The van der Waals surface area contributed by atoms with Crippen molar-refractivity contribution in [2.75, 3.05) is 40.4 Å².